The third-order valence-corrected chi connectivity index (χ3v) is 8.11. The van der Waals surface area contributed by atoms with Crippen molar-refractivity contribution in [3.8, 4) is 0 Å². The van der Waals surface area contributed by atoms with Gasteiger partial charge in [0, 0.05) is 68.1 Å². The van der Waals surface area contributed by atoms with Gasteiger partial charge < -0.3 is 9.80 Å². The van der Waals surface area contributed by atoms with Gasteiger partial charge in [0.1, 0.15) is 0 Å². The summed E-state index contributed by atoms with van der Waals surface area (Å²) in [6.45, 7) is 6.58. The Morgan fingerprint density at radius 2 is 1.60 bits per heavy atom. The molecule has 0 unspecified atom stereocenters. The van der Waals surface area contributed by atoms with E-state index in [1.54, 1.807) is 29.4 Å². The molecule has 1 amide bonds. The second-order valence-corrected chi connectivity index (χ2v) is 10.2. The summed E-state index contributed by atoms with van der Waals surface area (Å²) < 4.78 is 0. The van der Waals surface area contributed by atoms with Crippen LogP contribution in [0.1, 0.15) is 48.5 Å². The van der Waals surface area contributed by atoms with Gasteiger partial charge in [-0.05, 0) is 73.6 Å². The maximum atomic E-state index is 13.1. The maximum Gasteiger partial charge on any atom is 0.258 e. The van der Waals surface area contributed by atoms with E-state index in [2.05, 4.69) is 76.3 Å². The number of amides is 1. The van der Waals surface area contributed by atoms with Crippen LogP contribution in [0.2, 0.25) is 0 Å². The van der Waals surface area contributed by atoms with E-state index >= 15 is 0 Å². The summed E-state index contributed by atoms with van der Waals surface area (Å²) in [7, 11) is 1.87. The normalized spacial score (nSPS) is 23.1. The number of hydrogen-bond donors (Lipinski definition) is 0. The van der Waals surface area contributed by atoms with Crippen molar-refractivity contribution in [2.45, 2.75) is 38.1 Å². The fraction of sp³-hybridized carbons (Fsp3) is 0.400. The van der Waals surface area contributed by atoms with Gasteiger partial charge in [0.15, 0.2) is 0 Å². The molecule has 2 heterocycles. The third-order valence-electron chi connectivity index (χ3n) is 8.11. The highest BCUT2D eigenvalue weighted by Crippen LogP contribution is 2.45. The minimum absolute atomic E-state index is 0.00709. The van der Waals surface area contributed by atoms with Crippen LogP contribution in [0.15, 0.2) is 79.1 Å². The Bertz CT molecular complexity index is 1120. The van der Waals surface area contributed by atoms with Crippen molar-refractivity contribution in [2.24, 2.45) is 5.92 Å². The number of carbonyl (C=O) groups excluding carboxylic acids is 1. The van der Waals surface area contributed by atoms with Crippen molar-refractivity contribution in [3.63, 3.8) is 0 Å². The summed E-state index contributed by atoms with van der Waals surface area (Å²) in [5.74, 6) is 0.764. The van der Waals surface area contributed by atoms with Crippen LogP contribution in [0.25, 0.3) is 0 Å². The molecule has 0 atom stereocenters. The van der Waals surface area contributed by atoms with Gasteiger partial charge in [0.25, 0.3) is 5.91 Å². The van der Waals surface area contributed by atoms with Gasteiger partial charge >= 0.3 is 0 Å². The van der Waals surface area contributed by atoms with Gasteiger partial charge in [-0.15, -0.1) is 0 Å². The van der Waals surface area contributed by atoms with Crippen LogP contribution < -0.4 is 9.80 Å². The molecule has 5 heteroatoms. The predicted molar refractivity (Wildman–Crippen MR) is 143 cm³/mol. The summed E-state index contributed by atoms with van der Waals surface area (Å²) in [5, 5.41) is 0. The lowest BCUT2D eigenvalue weighted by molar-refractivity contribution is 0.0299. The SMILES string of the molecule is CC1CCC(c2cccc(N(C)C(=O)c3ccncc3)c2)(N2CCN(c3ccccc3)CC2)CC1. The summed E-state index contributed by atoms with van der Waals surface area (Å²) in [5.41, 5.74) is 4.31. The molecule has 35 heavy (non-hydrogen) atoms. The van der Waals surface area contributed by atoms with E-state index in [1.165, 1.54) is 36.9 Å². The number of nitrogens with zero attached hydrogens (tertiary/aromatic N) is 4. The van der Waals surface area contributed by atoms with Gasteiger partial charge in [-0.25, -0.2) is 0 Å². The minimum atomic E-state index is -0.00709. The third kappa shape index (κ3) is 4.83. The van der Waals surface area contributed by atoms with Crippen LogP contribution in [0, 0.1) is 5.92 Å². The molecule has 1 aliphatic carbocycles. The number of piperazine rings is 1. The monoisotopic (exact) mass is 468 g/mol. The first kappa shape index (κ1) is 23.6. The second kappa shape index (κ2) is 10.2. The van der Waals surface area contributed by atoms with Crippen molar-refractivity contribution < 1.29 is 4.79 Å². The average molecular weight is 469 g/mol. The fourth-order valence-electron chi connectivity index (χ4n) is 5.87. The first-order chi connectivity index (χ1) is 17.1. The molecule has 3 aromatic rings. The van der Waals surface area contributed by atoms with E-state index in [0.717, 1.165) is 37.8 Å². The molecule has 5 rings (SSSR count). The zero-order valence-corrected chi connectivity index (χ0v) is 20.9. The quantitative estimate of drug-likeness (QED) is 0.490. The minimum Gasteiger partial charge on any atom is -0.369 e. The van der Waals surface area contributed by atoms with E-state index in [9.17, 15) is 4.79 Å². The number of benzene rings is 2. The van der Waals surface area contributed by atoms with Crippen LogP contribution in [-0.4, -0.2) is 49.0 Å². The van der Waals surface area contributed by atoms with Gasteiger partial charge in [0.05, 0.1) is 0 Å². The Labute approximate surface area is 209 Å². The standard InChI is InChI=1S/C30H36N4O/c1-24-11-15-30(16-12-24,34-21-19-33(20-22-34)27-8-4-3-5-9-27)26-7-6-10-28(23-26)32(2)29(35)25-13-17-31-18-14-25/h3-10,13-14,17-18,23-24H,11-12,15-16,19-22H2,1-2H3. The molecule has 0 N–H and O–H groups in total. The zero-order chi connectivity index (χ0) is 24.3. The van der Waals surface area contributed by atoms with Crippen LogP contribution in [0.3, 0.4) is 0 Å². The molecular weight excluding hydrogens is 432 g/mol. The van der Waals surface area contributed by atoms with Crippen LogP contribution in [0.5, 0.6) is 0 Å². The number of anilines is 2. The van der Waals surface area contributed by atoms with Crippen molar-refractivity contribution in [3.05, 3.63) is 90.3 Å². The molecule has 2 aliphatic rings. The molecule has 5 nitrogen and oxygen atoms in total. The van der Waals surface area contributed by atoms with Gasteiger partial charge in [-0.2, -0.15) is 0 Å². The molecule has 1 aliphatic heterocycles. The van der Waals surface area contributed by atoms with Crippen molar-refractivity contribution in [1.82, 2.24) is 9.88 Å². The predicted octanol–water partition coefficient (Wildman–Crippen LogP) is 5.59. The Morgan fingerprint density at radius 3 is 2.29 bits per heavy atom. The number of pyridine rings is 1. The van der Waals surface area contributed by atoms with E-state index < -0.39 is 0 Å². The highest BCUT2D eigenvalue weighted by molar-refractivity contribution is 6.05. The number of rotatable bonds is 5. The van der Waals surface area contributed by atoms with E-state index in [-0.39, 0.29) is 11.4 Å². The Hall–Kier alpha value is -3.18. The molecule has 2 aromatic carbocycles. The largest absolute Gasteiger partial charge is 0.369 e. The highest BCUT2D eigenvalue weighted by atomic mass is 16.2. The number of carbonyl (C=O) groups is 1. The first-order valence-electron chi connectivity index (χ1n) is 12.9. The molecular formula is C30H36N4O. The summed E-state index contributed by atoms with van der Waals surface area (Å²) in [6, 6.07) is 23.0. The van der Waals surface area contributed by atoms with Crippen molar-refractivity contribution >= 4 is 17.3 Å². The van der Waals surface area contributed by atoms with Crippen molar-refractivity contribution in [2.75, 3.05) is 43.0 Å². The molecule has 0 radical (unpaired) electrons. The fourth-order valence-corrected chi connectivity index (χ4v) is 5.87. The van der Waals surface area contributed by atoms with Crippen LogP contribution in [-0.2, 0) is 5.54 Å². The maximum absolute atomic E-state index is 13.1. The first-order valence-corrected chi connectivity index (χ1v) is 12.9. The molecule has 2 fully saturated rings. The molecule has 1 saturated carbocycles. The number of hydrogen-bond acceptors (Lipinski definition) is 4. The Kier molecular flexibility index (Phi) is 6.87. The lowest BCUT2D eigenvalue weighted by Gasteiger charge is -2.51. The lowest BCUT2D eigenvalue weighted by atomic mass is 9.71. The second-order valence-electron chi connectivity index (χ2n) is 10.2. The van der Waals surface area contributed by atoms with Gasteiger partial charge in [-0.1, -0.05) is 37.3 Å². The highest BCUT2D eigenvalue weighted by Gasteiger charge is 2.42. The Morgan fingerprint density at radius 1 is 0.914 bits per heavy atom. The van der Waals surface area contributed by atoms with E-state index in [4.69, 9.17) is 0 Å². The van der Waals surface area contributed by atoms with Crippen LogP contribution >= 0.6 is 0 Å². The number of aromatic nitrogens is 1. The zero-order valence-electron chi connectivity index (χ0n) is 20.9. The topological polar surface area (TPSA) is 39.7 Å². The number of para-hydroxylation sites is 1. The Balaban J connectivity index is 1.40. The molecule has 0 spiro atoms. The molecule has 1 saturated heterocycles. The smallest absolute Gasteiger partial charge is 0.258 e. The van der Waals surface area contributed by atoms with E-state index in [1.807, 2.05) is 7.05 Å². The summed E-state index contributed by atoms with van der Waals surface area (Å²) >= 11 is 0. The summed E-state index contributed by atoms with van der Waals surface area (Å²) in [6.07, 6.45) is 8.18. The molecule has 182 valence electrons. The van der Waals surface area contributed by atoms with Crippen molar-refractivity contribution in [1.29, 1.82) is 0 Å². The summed E-state index contributed by atoms with van der Waals surface area (Å²) in [4.78, 5) is 24.2. The van der Waals surface area contributed by atoms with Gasteiger partial charge in [-0.3, -0.25) is 14.7 Å². The van der Waals surface area contributed by atoms with Crippen LogP contribution in [0.4, 0.5) is 11.4 Å². The van der Waals surface area contributed by atoms with E-state index in [0.29, 0.717) is 5.56 Å². The van der Waals surface area contributed by atoms with Gasteiger partial charge in [0.2, 0.25) is 0 Å². The average Bonchev–Trinajstić information content (AvgIpc) is 2.94. The molecule has 1 aromatic heterocycles. The lowest BCUT2D eigenvalue weighted by Crippen LogP contribution is -2.56. The molecule has 0 bridgehead atoms.